The summed E-state index contributed by atoms with van der Waals surface area (Å²) in [5.74, 6) is 0.623. The van der Waals surface area contributed by atoms with Crippen molar-refractivity contribution in [3.05, 3.63) is 0 Å². The van der Waals surface area contributed by atoms with Crippen LogP contribution in [-0.2, 0) is 0 Å². The molecule has 0 saturated heterocycles. The van der Waals surface area contributed by atoms with Crippen LogP contribution in [0.15, 0.2) is 0 Å². The lowest BCUT2D eigenvalue weighted by Gasteiger charge is -2.42. The van der Waals surface area contributed by atoms with Crippen molar-refractivity contribution in [1.82, 2.24) is 0 Å². The number of aliphatic hydroxyl groups is 1. The second-order valence-electron chi connectivity index (χ2n) is 5.42. The zero-order valence-electron chi connectivity index (χ0n) is 8.22. The minimum atomic E-state index is -0.917. The molecule has 3 N–H and O–H groups in total. The van der Waals surface area contributed by atoms with E-state index in [4.69, 9.17) is 5.73 Å². The molecular weight excluding hydrogens is 150 g/mol. The van der Waals surface area contributed by atoms with E-state index in [2.05, 4.69) is 20.8 Å². The molecule has 2 heteroatoms. The Hall–Kier alpha value is -0.0800. The van der Waals surface area contributed by atoms with Gasteiger partial charge in [0.15, 0.2) is 0 Å². The van der Waals surface area contributed by atoms with E-state index in [1.165, 1.54) is 6.42 Å². The molecule has 0 spiro atoms. The molecule has 2 bridgehead atoms. The molecule has 2 nitrogen and oxygen atoms in total. The zero-order chi connectivity index (χ0) is 9.20. The normalized spacial score (nSPS) is 56.2. The van der Waals surface area contributed by atoms with Crippen molar-refractivity contribution in [2.75, 3.05) is 0 Å². The molecule has 0 amide bonds. The Balaban J connectivity index is 2.47. The van der Waals surface area contributed by atoms with Gasteiger partial charge in [-0.15, -0.1) is 0 Å². The van der Waals surface area contributed by atoms with E-state index in [1.54, 1.807) is 0 Å². The standard InChI is InChI=1S/C10H19NO/c1-8(2)7-4-5-9(8,3)10(11,12)6-7/h7,12H,4-6,11H2,1-3H3/t7?,9?,10-/m0/s1. The highest BCUT2D eigenvalue weighted by atomic mass is 16.3. The molecule has 3 atom stereocenters. The van der Waals surface area contributed by atoms with Crippen molar-refractivity contribution < 1.29 is 5.11 Å². The smallest absolute Gasteiger partial charge is 0.119 e. The van der Waals surface area contributed by atoms with Crippen LogP contribution in [0.5, 0.6) is 0 Å². The number of fused-ring (bicyclic) bond motifs is 2. The summed E-state index contributed by atoms with van der Waals surface area (Å²) >= 11 is 0. The highest BCUT2D eigenvalue weighted by Gasteiger charge is 2.67. The Labute approximate surface area is 74.1 Å². The van der Waals surface area contributed by atoms with Gasteiger partial charge in [-0.2, -0.15) is 0 Å². The lowest BCUT2D eigenvalue weighted by molar-refractivity contribution is -0.0844. The molecule has 0 aromatic carbocycles. The summed E-state index contributed by atoms with van der Waals surface area (Å²) in [6, 6.07) is 0. The zero-order valence-corrected chi connectivity index (χ0v) is 8.22. The first-order valence-corrected chi connectivity index (χ1v) is 4.82. The number of nitrogens with two attached hydrogens (primary N) is 1. The SMILES string of the molecule is CC1(C)C2CCC1(C)[C@@](N)(O)C2. The van der Waals surface area contributed by atoms with E-state index < -0.39 is 5.72 Å². The van der Waals surface area contributed by atoms with Gasteiger partial charge in [0, 0.05) is 5.41 Å². The second kappa shape index (κ2) is 1.88. The Kier molecular flexibility index (Phi) is 1.33. The monoisotopic (exact) mass is 169 g/mol. The van der Waals surface area contributed by atoms with Gasteiger partial charge < -0.3 is 10.8 Å². The Morgan fingerprint density at radius 2 is 1.92 bits per heavy atom. The Morgan fingerprint density at radius 1 is 1.33 bits per heavy atom. The largest absolute Gasteiger partial charge is 0.375 e. The molecule has 0 aromatic rings. The summed E-state index contributed by atoms with van der Waals surface area (Å²) in [4.78, 5) is 0. The van der Waals surface area contributed by atoms with Crippen molar-refractivity contribution in [3.63, 3.8) is 0 Å². The minimum Gasteiger partial charge on any atom is -0.375 e. The summed E-state index contributed by atoms with van der Waals surface area (Å²) in [5, 5.41) is 10.1. The van der Waals surface area contributed by atoms with Crippen LogP contribution in [0.25, 0.3) is 0 Å². The fourth-order valence-electron chi connectivity index (χ4n) is 3.33. The van der Waals surface area contributed by atoms with Gasteiger partial charge in [-0.05, 0) is 30.6 Å². The Morgan fingerprint density at radius 3 is 2.08 bits per heavy atom. The molecule has 2 unspecified atom stereocenters. The minimum absolute atomic E-state index is 0.0648. The van der Waals surface area contributed by atoms with Crippen LogP contribution in [0.2, 0.25) is 0 Å². The van der Waals surface area contributed by atoms with E-state index in [-0.39, 0.29) is 10.8 Å². The molecule has 12 heavy (non-hydrogen) atoms. The summed E-state index contributed by atoms with van der Waals surface area (Å²) < 4.78 is 0. The van der Waals surface area contributed by atoms with Crippen LogP contribution in [-0.4, -0.2) is 10.8 Å². The molecule has 2 aliphatic carbocycles. The van der Waals surface area contributed by atoms with E-state index in [9.17, 15) is 5.11 Å². The fraction of sp³-hybridized carbons (Fsp3) is 1.00. The first-order chi connectivity index (χ1) is 5.31. The van der Waals surface area contributed by atoms with E-state index in [0.717, 1.165) is 12.8 Å². The second-order valence-corrected chi connectivity index (χ2v) is 5.42. The summed E-state index contributed by atoms with van der Waals surface area (Å²) in [6.07, 6.45) is 3.11. The number of hydrogen-bond acceptors (Lipinski definition) is 2. The molecule has 2 saturated carbocycles. The molecular formula is C10H19NO. The molecule has 2 fully saturated rings. The summed E-state index contributed by atoms with van der Waals surface area (Å²) in [7, 11) is 0. The van der Waals surface area contributed by atoms with Crippen molar-refractivity contribution in [3.8, 4) is 0 Å². The lowest BCUT2D eigenvalue weighted by atomic mass is 9.68. The van der Waals surface area contributed by atoms with Crippen molar-refractivity contribution in [1.29, 1.82) is 0 Å². The third-order valence-corrected chi connectivity index (χ3v) is 4.95. The Bertz CT molecular complexity index is 222. The van der Waals surface area contributed by atoms with Gasteiger partial charge in [-0.25, -0.2) is 0 Å². The van der Waals surface area contributed by atoms with Crippen molar-refractivity contribution >= 4 is 0 Å². The molecule has 0 radical (unpaired) electrons. The maximum atomic E-state index is 10.1. The maximum absolute atomic E-state index is 10.1. The van der Waals surface area contributed by atoms with Gasteiger partial charge >= 0.3 is 0 Å². The highest BCUT2D eigenvalue weighted by molar-refractivity contribution is 5.15. The summed E-state index contributed by atoms with van der Waals surface area (Å²) in [6.45, 7) is 6.63. The quantitative estimate of drug-likeness (QED) is 0.539. The average Bonchev–Trinajstić information content (AvgIpc) is 2.18. The molecule has 70 valence electrons. The fourth-order valence-corrected chi connectivity index (χ4v) is 3.33. The number of rotatable bonds is 0. The van der Waals surface area contributed by atoms with Crippen LogP contribution in [0, 0.1) is 16.7 Å². The molecule has 0 heterocycles. The van der Waals surface area contributed by atoms with Gasteiger partial charge in [0.05, 0.1) is 0 Å². The van der Waals surface area contributed by atoms with Gasteiger partial charge in [-0.1, -0.05) is 20.8 Å². The van der Waals surface area contributed by atoms with Crippen LogP contribution in [0.4, 0.5) is 0 Å². The van der Waals surface area contributed by atoms with E-state index >= 15 is 0 Å². The van der Waals surface area contributed by atoms with Crippen LogP contribution >= 0.6 is 0 Å². The highest BCUT2D eigenvalue weighted by Crippen LogP contribution is 2.67. The van der Waals surface area contributed by atoms with Gasteiger partial charge in [0.25, 0.3) is 0 Å². The topological polar surface area (TPSA) is 46.2 Å². The van der Waals surface area contributed by atoms with Crippen molar-refractivity contribution in [2.24, 2.45) is 22.5 Å². The van der Waals surface area contributed by atoms with Crippen LogP contribution < -0.4 is 5.73 Å². The van der Waals surface area contributed by atoms with E-state index in [0.29, 0.717) is 5.92 Å². The molecule has 0 aliphatic heterocycles. The number of hydrogen-bond donors (Lipinski definition) is 2. The first-order valence-electron chi connectivity index (χ1n) is 4.82. The predicted molar refractivity (Wildman–Crippen MR) is 48.4 cm³/mol. The maximum Gasteiger partial charge on any atom is 0.119 e. The van der Waals surface area contributed by atoms with Crippen LogP contribution in [0.3, 0.4) is 0 Å². The predicted octanol–water partition coefficient (Wildman–Crippen LogP) is 1.48. The van der Waals surface area contributed by atoms with E-state index in [1.807, 2.05) is 0 Å². The first kappa shape index (κ1) is 8.52. The third kappa shape index (κ3) is 0.647. The van der Waals surface area contributed by atoms with Crippen molar-refractivity contribution in [2.45, 2.75) is 45.8 Å². The molecule has 2 aliphatic rings. The third-order valence-electron chi connectivity index (χ3n) is 4.95. The van der Waals surface area contributed by atoms with Gasteiger partial charge in [-0.3, -0.25) is 0 Å². The van der Waals surface area contributed by atoms with Gasteiger partial charge in [0.2, 0.25) is 0 Å². The molecule has 2 rings (SSSR count). The summed E-state index contributed by atoms with van der Waals surface area (Å²) in [5.41, 5.74) is 5.17. The lowest BCUT2D eigenvalue weighted by Crippen LogP contribution is -2.54. The van der Waals surface area contributed by atoms with Gasteiger partial charge in [0.1, 0.15) is 5.72 Å². The average molecular weight is 169 g/mol. The van der Waals surface area contributed by atoms with Crippen LogP contribution in [0.1, 0.15) is 40.0 Å². The molecule has 0 aromatic heterocycles.